The van der Waals surface area contributed by atoms with E-state index in [9.17, 15) is 8.78 Å². The monoisotopic (exact) mass is 248 g/mol. The maximum Gasteiger partial charge on any atom is 0.224 e. The molecule has 0 bridgehead atoms. The topological polar surface area (TPSA) is 25.8 Å². The SMILES string of the molecule is CC(C)Cc1ccnc(-c2ccc(F)nc2F)c1. The van der Waals surface area contributed by atoms with Gasteiger partial charge in [0.05, 0.1) is 11.3 Å². The average Bonchev–Trinajstić information content (AvgIpc) is 2.28. The number of pyridine rings is 2. The summed E-state index contributed by atoms with van der Waals surface area (Å²) in [7, 11) is 0. The summed E-state index contributed by atoms with van der Waals surface area (Å²) in [5, 5.41) is 0. The molecule has 0 atom stereocenters. The van der Waals surface area contributed by atoms with Gasteiger partial charge in [-0.15, -0.1) is 0 Å². The molecule has 0 aromatic carbocycles. The third kappa shape index (κ3) is 2.88. The second-order valence-electron chi connectivity index (χ2n) is 4.62. The first-order chi connectivity index (χ1) is 8.56. The molecule has 0 saturated heterocycles. The summed E-state index contributed by atoms with van der Waals surface area (Å²) in [4.78, 5) is 7.27. The maximum atomic E-state index is 13.5. The molecule has 0 amide bonds. The first-order valence-corrected chi connectivity index (χ1v) is 5.83. The summed E-state index contributed by atoms with van der Waals surface area (Å²) in [6, 6.07) is 6.21. The predicted octanol–water partition coefficient (Wildman–Crippen LogP) is 3.62. The summed E-state index contributed by atoms with van der Waals surface area (Å²) in [5.74, 6) is -1.14. The van der Waals surface area contributed by atoms with Crippen LogP contribution in [0, 0.1) is 17.8 Å². The van der Waals surface area contributed by atoms with E-state index in [1.165, 1.54) is 6.07 Å². The lowest BCUT2D eigenvalue weighted by atomic mass is 10.0. The van der Waals surface area contributed by atoms with Crippen LogP contribution in [-0.4, -0.2) is 9.97 Å². The third-order valence-corrected chi connectivity index (χ3v) is 2.56. The molecule has 0 aliphatic heterocycles. The van der Waals surface area contributed by atoms with E-state index in [0.717, 1.165) is 18.1 Å². The molecule has 2 heterocycles. The van der Waals surface area contributed by atoms with Crippen LogP contribution in [0.25, 0.3) is 11.3 Å². The molecule has 0 spiro atoms. The number of nitrogens with zero attached hydrogens (tertiary/aromatic N) is 2. The molecule has 0 saturated carbocycles. The van der Waals surface area contributed by atoms with E-state index in [4.69, 9.17) is 0 Å². The summed E-state index contributed by atoms with van der Waals surface area (Å²) >= 11 is 0. The zero-order valence-corrected chi connectivity index (χ0v) is 10.3. The Balaban J connectivity index is 2.38. The lowest BCUT2D eigenvalue weighted by Gasteiger charge is -2.07. The maximum absolute atomic E-state index is 13.5. The van der Waals surface area contributed by atoms with Gasteiger partial charge in [0.15, 0.2) is 0 Å². The van der Waals surface area contributed by atoms with E-state index < -0.39 is 11.9 Å². The highest BCUT2D eigenvalue weighted by molar-refractivity contribution is 5.59. The number of halogens is 2. The van der Waals surface area contributed by atoms with Crippen LogP contribution in [0.4, 0.5) is 8.78 Å². The zero-order valence-electron chi connectivity index (χ0n) is 10.3. The van der Waals surface area contributed by atoms with E-state index in [0.29, 0.717) is 11.6 Å². The standard InChI is InChI=1S/C14H14F2N2/c1-9(2)7-10-5-6-17-12(8-10)11-3-4-13(15)18-14(11)16/h3-6,8-9H,7H2,1-2H3. The van der Waals surface area contributed by atoms with Crippen LogP contribution in [0.3, 0.4) is 0 Å². The van der Waals surface area contributed by atoms with Gasteiger partial charge in [0.2, 0.25) is 11.9 Å². The molecule has 94 valence electrons. The van der Waals surface area contributed by atoms with Crippen LogP contribution >= 0.6 is 0 Å². The summed E-state index contributed by atoms with van der Waals surface area (Å²) < 4.78 is 26.3. The Hall–Kier alpha value is -1.84. The largest absolute Gasteiger partial charge is 0.256 e. The van der Waals surface area contributed by atoms with Crippen LogP contribution in [0.1, 0.15) is 19.4 Å². The normalized spacial score (nSPS) is 10.9. The van der Waals surface area contributed by atoms with Crippen LogP contribution in [0.15, 0.2) is 30.5 Å². The molecular formula is C14H14F2N2. The Morgan fingerprint density at radius 1 is 1.17 bits per heavy atom. The van der Waals surface area contributed by atoms with E-state index in [-0.39, 0.29) is 5.56 Å². The molecule has 18 heavy (non-hydrogen) atoms. The van der Waals surface area contributed by atoms with Gasteiger partial charge >= 0.3 is 0 Å². The van der Waals surface area contributed by atoms with Crippen molar-refractivity contribution in [1.82, 2.24) is 9.97 Å². The molecule has 2 rings (SSSR count). The van der Waals surface area contributed by atoms with Gasteiger partial charge in [-0.3, -0.25) is 4.98 Å². The molecule has 0 aliphatic carbocycles. The number of hydrogen-bond donors (Lipinski definition) is 0. The van der Waals surface area contributed by atoms with Gasteiger partial charge in [0, 0.05) is 6.20 Å². The second-order valence-corrected chi connectivity index (χ2v) is 4.62. The van der Waals surface area contributed by atoms with Gasteiger partial charge in [-0.1, -0.05) is 13.8 Å². The van der Waals surface area contributed by atoms with Gasteiger partial charge in [-0.05, 0) is 42.2 Å². The van der Waals surface area contributed by atoms with Crippen molar-refractivity contribution >= 4 is 0 Å². The quantitative estimate of drug-likeness (QED) is 0.775. The Bertz CT molecular complexity index is 553. The van der Waals surface area contributed by atoms with Crippen molar-refractivity contribution in [2.24, 2.45) is 5.92 Å². The lowest BCUT2D eigenvalue weighted by Crippen LogP contribution is -1.97. The Labute approximate surface area is 105 Å². The fourth-order valence-corrected chi connectivity index (χ4v) is 1.82. The molecule has 0 unspecified atom stereocenters. The molecule has 4 heteroatoms. The van der Waals surface area contributed by atoms with Gasteiger partial charge in [-0.2, -0.15) is 13.8 Å². The third-order valence-electron chi connectivity index (χ3n) is 2.56. The van der Waals surface area contributed by atoms with Crippen molar-refractivity contribution in [3.8, 4) is 11.3 Å². The fraction of sp³-hybridized carbons (Fsp3) is 0.286. The first-order valence-electron chi connectivity index (χ1n) is 5.83. The van der Waals surface area contributed by atoms with Crippen LogP contribution in [-0.2, 0) is 6.42 Å². The van der Waals surface area contributed by atoms with E-state index in [1.807, 2.05) is 12.1 Å². The summed E-state index contributed by atoms with van der Waals surface area (Å²) in [6.07, 6.45) is 2.53. The van der Waals surface area contributed by atoms with Crippen molar-refractivity contribution in [1.29, 1.82) is 0 Å². The Morgan fingerprint density at radius 3 is 2.61 bits per heavy atom. The summed E-state index contributed by atoms with van der Waals surface area (Å²) in [5.41, 5.74) is 1.79. The molecule has 0 N–H and O–H groups in total. The first kappa shape index (κ1) is 12.6. The van der Waals surface area contributed by atoms with E-state index in [2.05, 4.69) is 23.8 Å². The van der Waals surface area contributed by atoms with Gasteiger partial charge in [0.25, 0.3) is 0 Å². The summed E-state index contributed by atoms with van der Waals surface area (Å²) in [6.45, 7) is 4.22. The minimum Gasteiger partial charge on any atom is -0.256 e. The molecule has 2 aromatic heterocycles. The van der Waals surface area contributed by atoms with Crippen LogP contribution in [0.5, 0.6) is 0 Å². The fourth-order valence-electron chi connectivity index (χ4n) is 1.82. The zero-order chi connectivity index (χ0) is 13.1. The van der Waals surface area contributed by atoms with E-state index >= 15 is 0 Å². The van der Waals surface area contributed by atoms with Crippen LogP contribution < -0.4 is 0 Å². The molecule has 2 aromatic rings. The predicted molar refractivity (Wildman–Crippen MR) is 65.9 cm³/mol. The molecule has 2 nitrogen and oxygen atoms in total. The smallest absolute Gasteiger partial charge is 0.224 e. The second kappa shape index (κ2) is 5.21. The van der Waals surface area contributed by atoms with Crippen molar-refractivity contribution in [2.75, 3.05) is 0 Å². The lowest BCUT2D eigenvalue weighted by molar-refractivity contribution is 0.515. The Kier molecular flexibility index (Phi) is 3.65. The van der Waals surface area contributed by atoms with Crippen molar-refractivity contribution < 1.29 is 8.78 Å². The number of hydrogen-bond acceptors (Lipinski definition) is 2. The molecule has 0 aliphatic rings. The van der Waals surface area contributed by atoms with Gasteiger partial charge in [0.1, 0.15) is 0 Å². The van der Waals surface area contributed by atoms with Crippen molar-refractivity contribution in [3.63, 3.8) is 0 Å². The minimum atomic E-state index is -0.829. The molecular weight excluding hydrogens is 234 g/mol. The molecule has 0 radical (unpaired) electrons. The number of rotatable bonds is 3. The average molecular weight is 248 g/mol. The minimum absolute atomic E-state index is 0.224. The highest BCUT2D eigenvalue weighted by atomic mass is 19.1. The van der Waals surface area contributed by atoms with E-state index in [1.54, 1.807) is 6.20 Å². The van der Waals surface area contributed by atoms with Crippen molar-refractivity contribution in [3.05, 3.63) is 47.9 Å². The highest BCUT2D eigenvalue weighted by Gasteiger charge is 2.10. The van der Waals surface area contributed by atoms with Crippen LogP contribution in [0.2, 0.25) is 0 Å². The van der Waals surface area contributed by atoms with Crippen molar-refractivity contribution in [2.45, 2.75) is 20.3 Å². The van der Waals surface area contributed by atoms with Gasteiger partial charge < -0.3 is 0 Å². The number of aromatic nitrogens is 2. The van der Waals surface area contributed by atoms with Gasteiger partial charge in [-0.25, -0.2) is 0 Å². The Morgan fingerprint density at radius 2 is 1.94 bits per heavy atom. The molecule has 0 fully saturated rings. The highest BCUT2D eigenvalue weighted by Crippen LogP contribution is 2.21.